The van der Waals surface area contributed by atoms with E-state index >= 15 is 0 Å². The number of aliphatic hydroxyl groups excluding tert-OH is 2. The summed E-state index contributed by atoms with van der Waals surface area (Å²) in [5.74, 6) is -1.49. The molecule has 1 aliphatic rings. The van der Waals surface area contributed by atoms with Crippen molar-refractivity contribution >= 4 is 29.2 Å². The Bertz CT molecular complexity index is 916. The smallest absolute Gasteiger partial charge is 0.309 e. The quantitative estimate of drug-likeness (QED) is 0.432. The third-order valence-electron chi connectivity index (χ3n) is 7.04. The van der Waals surface area contributed by atoms with Gasteiger partial charge in [-0.2, -0.15) is 0 Å². The zero-order chi connectivity index (χ0) is 25.6. The van der Waals surface area contributed by atoms with Gasteiger partial charge in [-0.25, -0.2) is 4.98 Å². The van der Waals surface area contributed by atoms with Crippen LogP contribution in [-0.2, 0) is 14.3 Å². The standard InChI is InChI=1S/C27H41NO5S/c1-16-9-8-10-17(2)25(31)19(4)26(32)27(6,7)23(29)14-24(30)33-22(12-11-16)18(3)13-21-15-34-20(5)28-21/h11,13,15,17,19,22-23,25,29,31H,8-10,12,14H2,1-7H3/b16-11-,18-13+/t17-,19+,22-,23?,25-/m0/s1. The molecule has 1 aromatic rings. The highest BCUT2D eigenvalue weighted by Crippen LogP contribution is 2.32. The molecule has 1 aliphatic heterocycles. The van der Waals surface area contributed by atoms with Gasteiger partial charge in [0, 0.05) is 17.7 Å². The SMILES string of the molecule is C/C1=C/C[C@@H](/C(C)=C/c2csc(C)n2)OC(=O)CC(O)C(C)(C)C(=O)[C@H](C)[C@@H](O)[C@@H](C)CCC1. The lowest BCUT2D eigenvalue weighted by molar-refractivity contribution is -0.154. The van der Waals surface area contributed by atoms with Crippen LogP contribution in [0.1, 0.15) is 84.3 Å². The number of carbonyl (C=O) groups is 2. The normalized spacial score (nSPS) is 32.1. The summed E-state index contributed by atoms with van der Waals surface area (Å²) >= 11 is 1.56. The topological polar surface area (TPSA) is 96.7 Å². The number of aryl methyl sites for hydroxylation is 1. The number of esters is 1. The van der Waals surface area contributed by atoms with E-state index in [1.165, 1.54) is 5.57 Å². The number of rotatable bonds is 2. The molecular weight excluding hydrogens is 450 g/mol. The molecule has 7 heteroatoms. The van der Waals surface area contributed by atoms with Gasteiger partial charge >= 0.3 is 5.97 Å². The summed E-state index contributed by atoms with van der Waals surface area (Å²) in [6.07, 6.45) is 4.33. The van der Waals surface area contributed by atoms with Crippen molar-refractivity contribution in [1.29, 1.82) is 0 Å². The summed E-state index contributed by atoms with van der Waals surface area (Å²) < 4.78 is 5.81. The van der Waals surface area contributed by atoms with Crippen LogP contribution in [0.2, 0.25) is 0 Å². The van der Waals surface area contributed by atoms with E-state index in [1.807, 2.05) is 32.2 Å². The van der Waals surface area contributed by atoms with E-state index in [0.717, 1.165) is 35.5 Å². The Kier molecular flexibility index (Phi) is 10.2. The Morgan fingerprint density at radius 1 is 1.24 bits per heavy atom. The number of ether oxygens (including phenoxy) is 1. The minimum Gasteiger partial charge on any atom is -0.457 e. The van der Waals surface area contributed by atoms with Crippen LogP contribution in [0, 0.1) is 24.2 Å². The van der Waals surface area contributed by atoms with Crippen LogP contribution in [0.5, 0.6) is 0 Å². The lowest BCUT2D eigenvalue weighted by Crippen LogP contribution is -2.45. The molecule has 2 N–H and O–H groups in total. The van der Waals surface area contributed by atoms with Crippen molar-refractivity contribution in [3.8, 4) is 0 Å². The molecule has 34 heavy (non-hydrogen) atoms. The number of aromatic nitrogens is 1. The maximum Gasteiger partial charge on any atom is 0.309 e. The van der Waals surface area contributed by atoms with Crippen LogP contribution in [-0.4, -0.2) is 45.3 Å². The van der Waals surface area contributed by atoms with Crippen molar-refractivity contribution in [2.24, 2.45) is 17.3 Å². The van der Waals surface area contributed by atoms with Gasteiger partial charge in [0.1, 0.15) is 11.9 Å². The molecular formula is C27H41NO5S. The van der Waals surface area contributed by atoms with Crippen molar-refractivity contribution < 1.29 is 24.5 Å². The summed E-state index contributed by atoms with van der Waals surface area (Å²) in [5.41, 5.74) is 1.71. The number of hydrogen-bond donors (Lipinski definition) is 2. The second kappa shape index (κ2) is 12.2. The van der Waals surface area contributed by atoms with Crippen LogP contribution in [0.4, 0.5) is 0 Å². The summed E-state index contributed by atoms with van der Waals surface area (Å²) in [5, 5.41) is 24.5. The Morgan fingerprint density at radius 3 is 2.53 bits per heavy atom. The Balaban J connectivity index is 2.33. The summed E-state index contributed by atoms with van der Waals surface area (Å²) in [6.45, 7) is 12.8. The summed E-state index contributed by atoms with van der Waals surface area (Å²) in [6, 6.07) is 0. The molecule has 0 saturated heterocycles. The van der Waals surface area contributed by atoms with Crippen LogP contribution < -0.4 is 0 Å². The number of aliphatic hydroxyl groups is 2. The largest absolute Gasteiger partial charge is 0.457 e. The highest BCUT2D eigenvalue weighted by molar-refractivity contribution is 7.09. The predicted octanol–water partition coefficient (Wildman–Crippen LogP) is 5.27. The summed E-state index contributed by atoms with van der Waals surface area (Å²) in [7, 11) is 0. The summed E-state index contributed by atoms with van der Waals surface area (Å²) in [4.78, 5) is 30.5. The van der Waals surface area contributed by atoms with Crippen LogP contribution in [0.15, 0.2) is 22.6 Å². The lowest BCUT2D eigenvalue weighted by Gasteiger charge is -2.34. The van der Waals surface area contributed by atoms with Gasteiger partial charge in [0.2, 0.25) is 0 Å². The van der Waals surface area contributed by atoms with Crippen LogP contribution >= 0.6 is 11.3 Å². The molecule has 5 atom stereocenters. The molecule has 0 radical (unpaired) electrons. The van der Waals surface area contributed by atoms with Crippen molar-refractivity contribution in [3.05, 3.63) is 33.3 Å². The van der Waals surface area contributed by atoms with E-state index in [4.69, 9.17) is 4.74 Å². The van der Waals surface area contributed by atoms with Gasteiger partial charge in [0.15, 0.2) is 0 Å². The first-order valence-corrected chi connectivity index (χ1v) is 13.1. The molecule has 0 aromatic carbocycles. The molecule has 0 bridgehead atoms. The highest BCUT2D eigenvalue weighted by Gasteiger charge is 2.42. The Hall–Kier alpha value is -1.83. The minimum absolute atomic E-state index is 0.0444. The molecule has 0 fully saturated rings. The molecule has 0 amide bonds. The molecule has 190 valence electrons. The first kappa shape index (κ1) is 28.4. The maximum atomic E-state index is 13.2. The van der Waals surface area contributed by atoms with Gasteiger partial charge in [0.05, 0.1) is 34.7 Å². The van der Waals surface area contributed by atoms with Crippen molar-refractivity contribution in [2.75, 3.05) is 0 Å². The first-order chi connectivity index (χ1) is 15.8. The van der Waals surface area contributed by atoms with Gasteiger partial charge < -0.3 is 14.9 Å². The Labute approximate surface area is 208 Å². The third kappa shape index (κ3) is 7.59. The van der Waals surface area contributed by atoms with E-state index in [2.05, 4.69) is 18.0 Å². The average Bonchev–Trinajstić information content (AvgIpc) is 3.18. The predicted molar refractivity (Wildman–Crippen MR) is 136 cm³/mol. The molecule has 0 aliphatic carbocycles. The minimum atomic E-state index is -1.21. The first-order valence-electron chi connectivity index (χ1n) is 12.2. The second-order valence-corrected chi connectivity index (χ2v) is 11.5. The van der Waals surface area contributed by atoms with Crippen LogP contribution in [0.3, 0.4) is 0 Å². The molecule has 0 spiro atoms. The van der Waals surface area contributed by atoms with E-state index in [0.29, 0.717) is 6.42 Å². The van der Waals surface area contributed by atoms with E-state index in [9.17, 15) is 19.8 Å². The maximum absolute atomic E-state index is 13.2. The Morgan fingerprint density at radius 2 is 1.91 bits per heavy atom. The number of allylic oxidation sites excluding steroid dienone is 1. The lowest BCUT2D eigenvalue weighted by atomic mass is 9.73. The number of hydrogen-bond acceptors (Lipinski definition) is 7. The molecule has 2 rings (SSSR count). The van der Waals surface area contributed by atoms with Gasteiger partial charge in [-0.1, -0.05) is 39.3 Å². The molecule has 1 unspecified atom stereocenters. The third-order valence-corrected chi connectivity index (χ3v) is 7.83. The zero-order valence-corrected chi connectivity index (χ0v) is 22.4. The van der Waals surface area contributed by atoms with Crippen molar-refractivity contribution in [2.45, 2.75) is 98.9 Å². The number of carbonyl (C=O) groups excluding carboxylic acids is 2. The van der Waals surface area contributed by atoms with E-state index in [1.54, 1.807) is 32.1 Å². The van der Waals surface area contributed by atoms with Gasteiger partial charge in [0.25, 0.3) is 0 Å². The number of ketones is 1. The molecule has 6 nitrogen and oxygen atoms in total. The number of nitrogens with zero attached hydrogens (tertiary/aromatic N) is 1. The average molecular weight is 492 g/mol. The zero-order valence-electron chi connectivity index (χ0n) is 21.6. The van der Waals surface area contributed by atoms with E-state index in [-0.39, 0.29) is 18.1 Å². The number of thiazole rings is 1. The number of cyclic esters (lactones) is 1. The fourth-order valence-electron chi connectivity index (χ4n) is 4.40. The van der Waals surface area contributed by atoms with E-state index < -0.39 is 35.6 Å². The van der Waals surface area contributed by atoms with Crippen molar-refractivity contribution in [1.82, 2.24) is 4.98 Å². The van der Waals surface area contributed by atoms with Gasteiger partial charge in [-0.3, -0.25) is 9.59 Å². The fourth-order valence-corrected chi connectivity index (χ4v) is 4.97. The van der Waals surface area contributed by atoms with Gasteiger partial charge in [-0.15, -0.1) is 11.3 Å². The molecule has 1 aromatic heterocycles. The highest BCUT2D eigenvalue weighted by atomic mass is 32.1. The molecule has 2 heterocycles. The molecule has 0 saturated carbocycles. The van der Waals surface area contributed by atoms with Crippen LogP contribution in [0.25, 0.3) is 6.08 Å². The monoisotopic (exact) mass is 491 g/mol. The van der Waals surface area contributed by atoms with Gasteiger partial charge in [-0.05, 0) is 57.6 Å². The second-order valence-electron chi connectivity index (χ2n) is 10.4. The van der Waals surface area contributed by atoms with Crippen molar-refractivity contribution in [3.63, 3.8) is 0 Å². The fraction of sp³-hybridized carbons (Fsp3) is 0.667. The number of Topliss-reactive ketones (excluding diaryl/α,β-unsaturated/α-hetero) is 1.